The van der Waals surface area contributed by atoms with Crippen LogP contribution >= 0.6 is 0 Å². The highest BCUT2D eigenvalue weighted by atomic mass is 19.1. The van der Waals surface area contributed by atoms with Crippen molar-refractivity contribution in [3.8, 4) is 0 Å². The molecule has 6 aromatic carbocycles. The highest BCUT2D eigenvalue weighted by Crippen LogP contribution is 2.37. The molecule has 0 saturated heterocycles. The fraction of sp³-hybridized carbons (Fsp3) is 0.0465. The molecule has 0 fully saturated rings. The van der Waals surface area contributed by atoms with E-state index in [1.54, 1.807) is 24.3 Å². The van der Waals surface area contributed by atoms with Gasteiger partial charge in [0.25, 0.3) is 0 Å². The SMILES string of the molecule is C=N/C(=C\Cc1ccc(F)cc1)c1ccc(F)cc1.NCn1c2ccccc2c2cc3c(cc21)cc1c2ccccc2c2ccccc2n31. The molecular weight excluding hydrogens is 610 g/mol. The first-order valence-electron chi connectivity index (χ1n) is 16.2. The lowest BCUT2D eigenvalue weighted by Gasteiger charge is -2.10. The van der Waals surface area contributed by atoms with Gasteiger partial charge in [0.1, 0.15) is 11.6 Å². The van der Waals surface area contributed by atoms with Gasteiger partial charge < -0.3 is 14.7 Å². The Morgan fingerprint density at radius 1 is 0.592 bits per heavy atom. The molecule has 9 rings (SSSR count). The van der Waals surface area contributed by atoms with Crippen molar-refractivity contribution in [1.82, 2.24) is 8.97 Å². The van der Waals surface area contributed by atoms with Crippen molar-refractivity contribution < 1.29 is 8.78 Å². The highest BCUT2D eigenvalue weighted by Gasteiger charge is 2.16. The van der Waals surface area contributed by atoms with Gasteiger partial charge in [-0.05, 0) is 96.4 Å². The van der Waals surface area contributed by atoms with Gasteiger partial charge in [-0.2, -0.15) is 0 Å². The number of rotatable bonds is 5. The first-order chi connectivity index (χ1) is 24.0. The van der Waals surface area contributed by atoms with Gasteiger partial charge in [0.2, 0.25) is 0 Å². The molecule has 3 aromatic heterocycles. The molecule has 0 bridgehead atoms. The third-order valence-electron chi connectivity index (χ3n) is 9.27. The van der Waals surface area contributed by atoms with E-state index in [1.807, 2.05) is 6.08 Å². The smallest absolute Gasteiger partial charge is 0.123 e. The van der Waals surface area contributed by atoms with Crippen LogP contribution in [0.3, 0.4) is 0 Å². The number of hydrogen-bond donors (Lipinski definition) is 1. The Morgan fingerprint density at radius 2 is 1.14 bits per heavy atom. The van der Waals surface area contributed by atoms with Crippen LogP contribution in [0, 0.1) is 11.6 Å². The first kappa shape index (κ1) is 30.2. The number of aliphatic imine (C=N–C) groups is 1. The van der Waals surface area contributed by atoms with Crippen molar-refractivity contribution >= 4 is 72.3 Å². The number of nitrogens with two attached hydrogens (primary N) is 1. The standard InChI is InChI=1S/C27H19N3.C16H13F2N/c28-16-29-23-11-5-3-10-21(23)22-15-25-17(13-26(22)29)14-27-20-9-2-1-7-18(20)19-8-4-6-12-24(19)30(25)27;1-19-16(13-5-9-15(18)10-6-13)11-4-12-2-7-14(17)8-3-12/h1-15H,16,28H2;2-3,5-11H,1,4H2/b;16-11-. The molecule has 0 aliphatic carbocycles. The Hall–Kier alpha value is -6.11. The summed E-state index contributed by atoms with van der Waals surface area (Å²) in [5.74, 6) is -0.543. The molecule has 6 heteroatoms. The van der Waals surface area contributed by atoms with Crippen molar-refractivity contribution in [2.75, 3.05) is 0 Å². The lowest BCUT2D eigenvalue weighted by Crippen LogP contribution is -2.06. The number of nitrogens with zero attached hydrogens (tertiary/aromatic N) is 3. The van der Waals surface area contributed by atoms with Crippen LogP contribution in [0.4, 0.5) is 8.78 Å². The van der Waals surface area contributed by atoms with Crippen LogP contribution in [0.1, 0.15) is 11.1 Å². The Balaban J connectivity index is 0.000000159. The lowest BCUT2D eigenvalue weighted by molar-refractivity contribution is 0.627. The minimum atomic E-state index is -0.286. The van der Waals surface area contributed by atoms with E-state index in [2.05, 4.69) is 112 Å². The van der Waals surface area contributed by atoms with Gasteiger partial charge in [0.05, 0.1) is 39.9 Å². The predicted octanol–water partition coefficient (Wildman–Crippen LogP) is 10.7. The molecule has 9 aromatic rings. The van der Waals surface area contributed by atoms with Crippen LogP contribution in [0.25, 0.3) is 65.6 Å². The average Bonchev–Trinajstić information content (AvgIpc) is 3.68. The van der Waals surface area contributed by atoms with E-state index >= 15 is 0 Å². The number of allylic oxidation sites excluding steroid dienone is 1. The summed E-state index contributed by atoms with van der Waals surface area (Å²) in [6.45, 7) is 3.98. The molecule has 2 N–H and O–H groups in total. The van der Waals surface area contributed by atoms with Gasteiger partial charge >= 0.3 is 0 Å². The summed E-state index contributed by atoms with van der Waals surface area (Å²) in [5.41, 5.74) is 14.7. The van der Waals surface area contributed by atoms with Crippen molar-refractivity contribution in [3.63, 3.8) is 0 Å². The van der Waals surface area contributed by atoms with Gasteiger partial charge in [0.15, 0.2) is 0 Å². The Kier molecular flexibility index (Phi) is 7.71. The molecular formula is C43H32F2N4. The van der Waals surface area contributed by atoms with Crippen LogP contribution in [-0.2, 0) is 13.1 Å². The van der Waals surface area contributed by atoms with E-state index in [1.165, 1.54) is 84.2 Å². The number of para-hydroxylation sites is 2. The summed E-state index contributed by atoms with van der Waals surface area (Å²) in [5, 5.41) is 7.60. The zero-order valence-electron chi connectivity index (χ0n) is 26.7. The average molecular weight is 643 g/mol. The van der Waals surface area contributed by atoms with Crippen molar-refractivity contribution in [2.24, 2.45) is 10.7 Å². The molecule has 0 atom stereocenters. The molecule has 238 valence electrons. The molecule has 0 amide bonds. The van der Waals surface area contributed by atoms with Crippen LogP contribution in [0.5, 0.6) is 0 Å². The van der Waals surface area contributed by atoms with Gasteiger partial charge in [0, 0.05) is 26.9 Å². The third kappa shape index (κ3) is 5.32. The molecule has 49 heavy (non-hydrogen) atoms. The van der Waals surface area contributed by atoms with Crippen molar-refractivity contribution in [2.45, 2.75) is 13.1 Å². The second kappa shape index (κ2) is 12.5. The fourth-order valence-electron chi connectivity index (χ4n) is 6.97. The second-order valence-electron chi connectivity index (χ2n) is 12.1. The molecule has 0 unspecified atom stereocenters. The quantitative estimate of drug-likeness (QED) is 0.147. The van der Waals surface area contributed by atoms with Crippen molar-refractivity contribution in [1.29, 1.82) is 0 Å². The molecule has 0 saturated carbocycles. The molecule has 0 radical (unpaired) electrons. The molecule has 3 heterocycles. The van der Waals surface area contributed by atoms with Crippen LogP contribution < -0.4 is 5.73 Å². The number of pyridine rings is 1. The maximum Gasteiger partial charge on any atom is 0.123 e. The van der Waals surface area contributed by atoms with Gasteiger partial charge in [-0.15, -0.1) is 0 Å². The maximum absolute atomic E-state index is 12.8. The zero-order chi connectivity index (χ0) is 33.5. The van der Waals surface area contributed by atoms with Crippen molar-refractivity contribution in [3.05, 3.63) is 168 Å². The summed E-state index contributed by atoms with van der Waals surface area (Å²) in [7, 11) is 0. The van der Waals surface area contributed by atoms with E-state index in [-0.39, 0.29) is 11.6 Å². The zero-order valence-corrected chi connectivity index (χ0v) is 26.7. The molecule has 0 aliphatic heterocycles. The molecule has 0 spiro atoms. The summed E-state index contributed by atoms with van der Waals surface area (Å²) >= 11 is 0. The monoisotopic (exact) mass is 642 g/mol. The number of halogens is 2. The Morgan fingerprint density at radius 3 is 1.80 bits per heavy atom. The summed E-state index contributed by atoms with van der Waals surface area (Å²) in [6.07, 6.45) is 2.50. The van der Waals surface area contributed by atoms with Gasteiger partial charge in [-0.1, -0.05) is 78.9 Å². The van der Waals surface area contributed by atoms with E-state index in [0.29, 0.717) is 18.8 Å². The van der Waals surface area contributed by atoms with E-state index in [9.17, 15) is 8.78 Å². The Bertz CT molecular complexity index is 2700. The largest absolute Gasteiger partial charge is 0.327 e. The van der Waals surface area contributed by atoms with Gasteiger partial charge in [-0.25, -0.2) is 8.78 Å². The fourth-order valence-corrected chi connectivity index (χ4v) is 6.97. The number of hydrogen-bond acceptors (Lipinski definition) is 2. The normalized spacial score (nSPS) is 11.9. The number of fused-ring (bicyclic) bond motifs is 11. The molecule has 4 nitrogen and oxygen atoms in total. The molecule has 0 aliphatic rings. The third-order valence-corrected chi connectivity index (χ3v) is 9.27. The maximum atomic E-state index is 12.8. The summed E-state index contributed by atoms with van der Waals surface area (Å²) in [6, 6.07) is 45.2. The van der Waals surface area contributed by atoms with E-state index in [4.69, 9.17) is 5.73 Å². The van der Waals surface area contributed by atoms with Crippen LogP contribution in [0.2, 0.25) is 0 Å². The predicted molar refractivity (Wildman–Crippen MR) is 201 cm³/mol. The minimum absolute atomic E-state index is 0.256. The minimum Gasteiger partial charge on any atom is -0.327 e. The second-order valence-corrected chi connectivity index (χ2v) is 12.1. The lowest BCUT2D eigenvalue weighted by atomic mass is 10.1. The first-order valence-corrected chi connectivity index (χ1v) is 16.2. The van der Waals surface area contributed by atoms with E-state index in [0.717, 1.165) is 11.1 Å². The summed E-state index contributed by atoms with van der Waals surface area (Å²) in [4.78, 5) is 3.94. The number of benzene rings is 6. The van der Waals surface area contributed by atoms with Gasteiger partial charge in [-0.3, -0.25) is 4.99 Å². The summed E-state index contributed by atoms with van der Waals surface area (Å²) < 4.78 is 30.2. The van der Waals surface area contributed by atoms with Crippen LogP contribution in [0.15, 0.2) is 151 Å². The van der Waals surface area contributed by atoms with E-state index < -0.39 is 0 Å². The highest BCUT2D eigenvalue weighted by molar-refractivity contribution is 6.18. The Labute approximate surface area is 281 Å². The topological polar surface area (TPSA) is 47.7 Å². The van der Waals surface area contributed by atoms with Crippen LogP contribution in [-0.4, -0.2) is 15.7 Å². The number of aromatic nitrogens is 2.